The van der Waals surface area contributed by atoms with E-state index < -0.39 is 0 Å². The van der Waals surface area contributed by atoms with Gasteiger partial charge < -0.3 is 5.32 Å². The van der Waals surface area contributed by atoms with E-state index in [2.05, 4.69) is 43.0 Å². The van der Waals surface area contributed by atoms with Crippen molar-refractivity contribution in [1.29, 1.82) is 0 Å². The van der Waals surface area contributed by atoms with Gasteiger partial charge in [0, 0.05) is 17.5 Å². The van der Waals surface area contributed by atoms with Crippen molar-refractivity contribution in [2.75, 3.05) is 5.32 Å². The van der Waals surface area contributed by atoms with Crippen molar-refractivity contribution in [3.05, 3.63) is 16.5 Å². The van der Waals surface area contributed by atoms with Crippen molar-refractivity contribution in [1.82, 2.24) is 9.97 Å². The van der Waals surface area contributed by atoms with Crippen LogP contribution in [0.1, 0.15) is 64.3 Å². The van der Waals surface area contributed by atoms with Gasteiger partial charge >= 0.3 is 0 Å². The summed E-state index contributed by atoms with van der Waals surface area (Å²) in [6, 6.07) is 0.470. The standard InChI is InChI=1S/C15H24ClN3/c1-9(2)13-18-12(16)10(3)14(19-13)17-11-7-6-8-15(11,4)5/h9,11H,6-8H2,1-5H3,(H,17,18,19). The molecular weight excluding hydrogens is 258 g/mol. The number of aromatic nitrogens is 2. The summed E-state index contributed by atoms with van der Waals surface area (Å²) in [5.74, 6) is 2.01. The van der Waals surface area contributed by atoms with E-state index in [4.69, 9.17) is 11.6 Å². The minimum atomic E-state index is 0.287. The molecule has 1 atom stereocenters. The van der Waals surface area contributed by atoms with Crippen molar-refractivity contribution >= 4 is 17.4 Å². The third-order valence-electron chi connectivity index (χ3n) is 4.19. The molecule has 3 nitrogen and oxygen atoms in total. The van der Waals surface area contributed by atoms with Gasteiger partial charge in [-0.05, 0) is 25.2 Å². The fourth-order valence-electron chi connectivity index (χ4n) is 2.66. The number of nitrogens with one attached hydrogen (secondary N) is 1. The van der Waals surface area contributed by atoms with Crippen molar-refractivity contribution in [3.8, 4) is 0 Å². The summed E-state index contributed by atoms with van der Waals surface area (Å²) in [5.41, 5.74) is 1.27. The first kappa shape index (κ1) is 14.6. The van der Waals surface area contributed by atoms with Gasteiger partial charge in [-0.3, -0.25) is 0 Å². The summed E-state index contributed by atoms with van der Waals surface area (Å²) in [7, 11) is 0. The van der Waals surface area contributed by atoms with Crippen LogP contribution in [0.25, 0.3) is 0 Å². The Hall–Kier alpha value is -0.830. The van der Waals surface area contributed by atoms with Crippen molar-refractivity contribution < 1.29 is 0 Å². The predicted octanol–water partition coefficient (Wildman–Crippen LogP) is 4.55. The second-order valence-corrected chi connectivity index (χ2v) is 6.94. The van der Waals surface area contributed by atoms with Crippen molar-refractivity contribution in [3.63, 3.8) is 0 Å². The van der Waals surface area contributed by atoms with Crippen LogP contribution in [0.4, 0.5) is 5.82 Å². The summed E-state index contributed by atoms with van der Waals surface area (Å²) in [4.78, 5) is 9.01. The average Bonchev–Trinajstić information content (AvgIpc) is 2.64. The van der Waals surface area contributed by atoms with Crippen LogP contribution in [0, 0.1) is 12.3 Å². The number of anilines is 1. The van der Waals surface area contributed by atoms with E-state index in [-0.39, 0.29) is 5.92 Å². The van der Waals surface area contributed by atoms with Gasteiger partial charge in [0.05, 0.1) is 0 Å². The third-order valence-corrected chi connectivity index (χ3v) is 4.56. The first-order valence-corrected chi connectivity index (χ1v) is 7.49. The molecule has 1 heterocycles. The third kappa shape index (κ3) is 3.02. The van der Waals surface area contributed by atoms with E-state index in [1.165, 1.54) is 19.3 Å². The zero-order valence-corrected chi connectivity index (χ0v) is 13.3. The normalized spacial score (nSPS) is 21.9. The van der Waals surface area contributed by atoms with E-state index >= 15 is 0 Å². The Labute approximate surface area is 121 Å². The fraction of sp³-hybridized carbons (Fsp3) is 0.733. The molecule has 4 heteroatoms. The summed E-state index contributed by atoms with van der Waals surface area (Å²) in [5, 5.41) is 4.17. The maximum atomic E-state index is 6.23. The lowest BCUT2D eigenvalue weighted by Crippen LogP contribution is -2.31. The molecule has 0 aliphatic heterocycles. The van der Waals surface area contributed by atoms with E-state index in [0.29, 0.717) is 16.6 Å². The number of rotatable bonds is 3. The number of halogens is 1. The first-order chi connectivity index (χ1) is 8.81. The Morgan fingerprint density at radius 3 is 2.53 bits per heavy atom. The van der Waals surface area contributed by atoms with Gasteiger partial charge in [-0.15, -0.1) is 0 Å². The molecule has 1 unspecified atom stereocenters. The van der Waals surface area contributed by atoms with Gasteiger partial charge in [0.25, 0.3) is 0 Å². The molecule has 1 aromatic heterocycles. The molecule has 1 aromatic rings. The van der Waals surface area contributed by atoms with Crippen LogP contribution in [0.3, 0.4) is 0 Å². The number of hydrogen-bond donors (Lipinski definition) is 1. The lowest BCUT2D eigenvalue weighted by molar-refractivity contribution is 0.349. The molecule has 0 amide bonds. The van der Waals surface area contributed by atoms with E-state index in [1.807, 2.05) is 6.92 Å². The number of hydrogen-bond acceptors (Lipinski definition) is 3. The second-order valence-electron chi connectivity index (χ2n) is 6.58. The highest BCUT2D eigenvalue weighted by Crippen LogP contribution is 2.39. The highest BCUT2D eigenvalue weighted by molar-refractivity contribution is 6.30. The Morgan fingerprint density at radius 2 is 2.00 bits per heavy atom. The van der Waals surface area contributed by atoms with Crippen LogP contribution in [0.15, 0.2) is 0 Å². The lowest BCUT2D eigenvalue weighted by atomic mass is 9.87. The molecule has 0 spiro atoms. The molecule has 19 heavy (non-hydrogen) atoms. The Morgan fingerprint density at radius 1 is 1.32 bits per heavy atom. The molecule has 1 aliphatic rings. The average molecular weight is 282 g/mol. The van der Waals surface area contributed by atoms with Crippen LogP contribution in [-0.2, 0) is 0 Å². The molecule has 106 valence electrons. The maximum Gasteiger partial charge on any atom is 0.137 e. The van der Waals surface area contributed by atoms with Crippen molar-refractivity contribution in [2.45, 2.75) is 65.8 Å². The van der Waals surface area contributed by atoms with Crippen LogP contribution in [0.2, 0.25) is 5.15 Å². The SMILES string of the molecule is Cc1c(Cl)nc(C(C)C)nc1NC1CCCC1(C)C. The lowest BCUT2D eigenvalue weighted by Gasteiger charge is -2.29. The minimum absolute atomic E-state index is 0.287. The Balaban J connectivity index is 2.29. The highest BCUT2D eigenvalue weighted by atomic mass is 35.5. The first-order valence-electron chi connectivity index (χ1n) is 7.12. The minimum Gasteiger partial charge on any atom is -0.366 e. The molecule has 1 aliphatic carbocycles. The summed E-state index contributed by atoms with van der Waals surface area (Å²) >= 11 is 6.23. The van der Waals surface area contributed by atoms with Gasteiger partial charge in [-0.1, -0.05) is 45.7 Å². The smallest absolute Gasteiger partial charge is 0.137 e. The van der Waals surface area contributed by atoms with Crippen LogP contribution in [-0.4, -0.2) is 16.0 Å². The summed E-state index contributed by atoms with van der Waals surface area (Å²) in [6.45, 7) is 10.8. The van der Waals surface area contributed by atoms with E-state index in [1.54, 1.807) is 0 Å². The molecule has 0 aromatic carbocycles. The second kappa shape index (κ2) is 5.28. The molecular formula is C15H24ClN3. The molecule has 1 fully saturated rings. The Bertz CT molecular complexity index is 469. The zero-order valence-electron chi connectivity index (χ0n) is 12.5. The van der Waals surface area contributed by atoms with Gasteiger partial charge in [-0.25, -0.2) is 9.97 Å². The van der Waals surface area contributed by atoms with E-state index in [9.17, 15) is 0 Å². The molecule has 2 rings (SSSR count). The zero-order chi connectivity index (χ0) is 14.2. The molecule has 1 N–H and O–H groups in total. The predicted molar refractivity (Wildman–Crippen MR) is 80.9 cm³/mol. The van der Waals surface area contributed by atoms with Gasteiger partial charge in [-0.2, -0.15) is 0 Å². The quantitative estimate of drug-likeness (QED) is 0.826. The maximum absolute atomic E-state index is 6.23. The van der Waals surface area contributed by atoms with E-state index in [0.717, 1.165) is 17.2 Å². The topological polar surface area (TPSA) is 37.8 Å². The highest BCUT2D eigenvalue weighted by Gasteiger charge is 2.35. The molecule has 0 radical (unpaired) electrons. The summed E-state index contributed by atoms with van der Waals surface area (Å²) in [6.07, 6.45) is 3.74. The summed E-state index contributed by atoms with van der Waals surface area (Å²) < 4.78 is 0. The molecule has 0 saturated heterocycles. The van der Waals surface area contributed by atoms with Crippen molar-refractivity contribution in [2.24, 2.45) is 5.41 Å². The fourth-order valence-corrected chi connectivity index (χ4v) is 2.84. The number of nitrogens with zero attached hydrogens (tertiary/aromatic N) is 2. The van der Waals surface area contributed by atoms with Gasteiger partial charge in [0.1, 0.15) is 16.8 Å². The molecule has 1 saturated carbocycles. The molecule has 0 bridgehead atoms. The van der Waals surface area contributed by atoms with Crippen LogP contribution >= 0.6 is 11.6 Å². The van der Waals surface area contributed by atoms with Gasteiger partial charge in [0.2, 0.25) is 0 Å². The van der Waals surface area contributed by atoms with Gasteiger partial charge in [0.15, 0.2) is 0 Å². The Kier molecular flexibility index (Phi) is 4.05. The van der Waals surface area contributed by atoms with Crippen LogP contribution in [0.5, 0.6) is 0 Å². The monoisotopic (exact) mass is 281 g/mol. The largest absolute Gasteiger partial charge is 0.366 e. The van der Waals surface area contributed by atoms with Crippen LogP contribution < -0.4 is 5.32 Å².